The zero-order valence-electron chi connectivity index (χ0n) is 15.1. The van der Waals surface area contributed by atoms with Crippen molar-refractivity contribution in [3.8, 4) is 5.75 Å². The van der Waals surface area contributed by atoms with Gasteiger partial charge < -0.3 is 29.9 Å². The lowest BCUT2D eigenvalue weighted by atomic mass is 9.99. The number of anilines is 1. The van der Waals surface area contributed by atoms with Crippen molar-refractivity contribution in [1.82, 2.24) is 0 Å². The summed E-state index contributed by atoms with van der Waals surface area (Å²) in [7, 11) is 0. The SMILES string of the molecule is O=C1c2ccccc2C(=O)N1c1ccc(OC2OC(CO)C(O)C(O)C2O)cc1. The molecule has 4 N–H and O–H groups in total. The van der Waals surface area contributed by atoms with Gasteiger partial charge in [0.15, 0.2) is 0 Å². The van der Waals surface area contributed by atoms with Gasteiger partial charge in [-0.25, -0.2) is 4.90 Å². The van der Waals surface area contributed by atoms with Crippen molar-refractivity contribution < 1.29 is 39.5 Å². The summed E-state index contributed by atoms with van der Waals surface area (Å²) in [6.45, 7) is -0.566. The van der Waals surface area contributed by atoms with Crippen molar-refractivity contribution in [1.29, 1.82) is 0 Å². The molecule has 1 saturated heterocycles. The maximum atomic E-state index is 12.5. The van der Waals surface area contributed by atoms with E-state index in [1.54, 1.807) is 24.3 Å². The zero-order valence-corrected chi connectivity index (χ0v) is 15.1. The minimum absolute atomic E-state index is 0.231. The molecule has 29 heavy (non-hydrogen) atoms. The molecule has 2 aromatic rings. The van der Waals surface area contributed by atoms with Gasteiger partial charge in [-0.3, -0.25) is 9.59 Å². The van der Waals surface area contributed by atoms with Gasteiger partial charge in [-0.1, -0.05) is 12.1 Å². The van der Waals surface area contributed by atoms with Crippen LogP contribution in [0.3, 0.4) is 0 Å². The highest BCUT2D eigenvalue weighted by Gasteiger charge is 2.44. The number of benzene rings is 2. The number of ether oxygens (including phenoxy) is 2. The lowest BCUT2D eigenvalue weighted by Crippen LogP contribution is -2.60. The number of fused-ring (bicyclic) bond motifs is 1. The van der Waals surface area contributed by atoms with Gasteiger partial charge in [-0.05, 0) is 36.4 Å². The predicted molar refractivity (Wildman–Crippen MR) is 98.4 cm³/mol. The molecule has 0 bridgehead atoms. The molecule has 5 atom stereocenters. The number of carbonyl (C=O) groups excluding carboxylic acids is 2. The Hall–Kier alpha value is -2.82. The smallest absolute Gasteiger partial charge is 0.266 e. The summed E-state index contributed by atoms with van der Waals surface area (Å²) >= 11 is 0. The van der Waals surface area contributed by atoms with Crippen molar-refractivity contribution in [2.75, 3.05) is 11.5 Å². The van der Waals surface area contributed by atoms with E-state index < -0.39 is 49.1 Å². The van der Waals surface area contributed by atoms with E-state index in [0.717, 1.165) is 4.90 Å². The minimum Gasteiger partial charge on any atom is -0.462 e. The maximum absolute atomic E-state index is 12.5. The van der Waals surface area contributed by atoms with Crippen LogP contribution in [0, 0.1) is 0 Å². The Morgan fingerprint density at radius 2 is 1.45 bits per heavy atom. The fourth-order valence-electron chi connectivity index (χ4n) is 3.40. The average Bonchev–Trinajstić information content (AvgIpc) is 3.00. The number of hydrogen-bond donors (Lipinski definition) is 4. The standard InChI is InChI=1S/C20H19NO8/c22-9-14-15(23)16(24)17(25)20(29-14)28-11-7-5-10(6-8-11)21-18(26)12-3-1-2-4-13(12)19(21)27/h1-8,14-17,20,22-25H,9H2. The highest BCUT2D eigenvalue weighted by Crippen LogP contribution is 2.30. The summed E-state index contributed by atoms with van der Waals surface area (Å²) in [5.74, 6) is -0.615. The van der Waals surface area contributed by atoms with E-state index in [2.05, 4.69) is 0 Å². The summed E-state index contributed by atoms with van der Waals surface area (Å²) in [6, 6.07) is 12.5. The summed E-state index contributed by atoms with van der Waals surface area (Å²) in [5, 5.41) is 38.9. The van der Waals surface area contributed by atoms with Crippen molar-refractivity contribution in [2.24, 2.45) is 0 Å². The number of carbonyl (C=O) groups is 2. The number of nitrogens with zero attached hydrogens (tertiary/aromatic N) is 1. The first kappa shape index (κ1) is 19.5. The highest BCUT2D eigenvalue weighted by atomic mass is 16.7. The Morgan fingerprint density at radius 3 is 2.00 bits per heavy atom. The first-order valence-electron chi connectivity index (χ1n) is 8.97. The molecule has 2 aliphatic rings. The van der Waals surface area contributed by atoms with Gasteiger partial charge in [-0.15, -0.1) is 0 Å². The van der Waals surface area contributed by atoms with Crippen LogP contribution in [0.4, 0.5) is 5.69 Å². The van der Waals surface area contributed by atoms with Crippen LogP contribution in [-0.2, 0) is 4.74 Å². The molecular weight excluding hydrogens is 382 g/mol. The largest absolute Gasteiger partial charge is 0.462 e. The van der Waals surface area contributed by atoms with Crippen LogP contribution in [0.2, 0.25) is 0 Å². The molecule has 4 rings (SSSR count). The molecule has 2 amide bonds. The second-order valence-electron chi connectivity index (χ2n) is 6.80. The molecule has 0 aromatic heterocycles. The number of hydrogen-bond acceptors (Lipinski definition) is 8. The minimum atomic E-state index is -1.55. The number of imide groups is 1. The van der Waals surface area contributed by atoms with Crippen LogP contribution in [0.1, 0.15) is 20.7 Å². The van der Waals surface area contributed by atoms with Crippen LogP contribution in [0.25, 0.3) is 0 Å². The Morgan fingerprint density at radius 1 is 0.862 bits per heavy atom. The van der Waals surface area contributed by atoms with Crippen LogP contribution in [-0.4, -0.2) is 69.6 Å². The third-order valence-electron chi connectivity index (χ3n) is 4.99. The van der Waals surface area contributed by atoms with Gasteiger partial charge >= 0.3 is 0 Å². The van der Waals surface area contributed by atoms with Gasteiger partial charge in [0.2, 0.25) is 6.29 Å². The van der Waals surface area contributed by atoms with E-state index in [1.807, 2.05) is 0 Å². The van der Waals surface area contributed by atoms with Crippen molar-refractivity contribution in [3.05, 3.63) is 59.7 Å². The number of rotatable bonds is 4. The number of amides is 2. The van der Waals surface area contributed by atoms with Crippen LogP contribution in [0.5, 0.6) is 5.75 Å². The molecule has 0 aliphatic carbocycles. The molecule has 0 saturated carbocycles. The molecule has 0 radical (unpaired) electrons. The lowest BCUT2D eigenvalue weighted by Gasteiger charge is -2.39. The van der Waals surface area contributed by atoms with Crippen molar-refractivity contribution >= 4 is 17.5 Å². The van der Waals surface area contributed by atoms with Crippen LogP contribution < -0.4 is 9.64 Å². The Labute approximate surface area is 165 Å². The molecule has 2 heterocycles. The Balaban J connectivity index is 1.51. The number of aliphatic hydroxyl groups excluding tert-OH is 4. The average molecular weight is 401 g/mol. The van der Waals surface area contributed by atoms with Crippen molar-refractivity contribution in [3.63, 3.8) is 0 Å². The summed E-state index contributed by atoms with van der Waals surface area (Å²) < 4.78 is 10.8. The molecular formula is C20H19NO8. The van der Waals surface area contributed by atoms with Gasteiger partial charge in [0, 0.05) is 0 Å². The topological polar surface area (TPSA) is 137 Å². The van der Waals surface area contributed by atoms with Gasteiger partial charge in [0.05, 0.1) is 23.4 Å². The predicted octanol–water partition coefficient (Wildman–Crippen LogP) is -0.334. The maximum Gasteiger partial charge on any atom is 0.266 e. The third-order valence-corrected chi connectivity index (χ3v) is 4.99. The molecule has 2 aliphatic heterocycles. The van der Waals surface area contributed by atoms with Crippen LogP contribution >= 0.6 is 0 Å². The quantitative estimate of drug-likeness (QED) is 0.511. The third kappa shape index (κ3) is 3.28. The molecule has 9 heteroatoms. The van der Waals surface area contributed by atoms with E-state index in [1.165, 1.54) is 24.3 Å². The first-order chi connectivity index (χ1) is 13.9. The summed E-state index contributed by atoms with van der Waals surface area (Å²) in [6.07, 6.45) is -6.98. The number of aliphatic hydroxyl groups is 4. The Bertz CT molecular complexity index is 893. The molecule has 152 valence electrons. The molecule has 2 aromatic carbocycles. The Kier molecular flexibility index (Phi) is 5.07. The second-order valence-corrected chi connectivity index (χ2v) is 6.80. The summed E-state index contributed by atoms with van der Waals surface area (Å²) in [4.78, 5) is 26.1. The second kappa shape index (κ2) is 7.54. The monoisotopic (exact) mass is 401 g/mol. The molecule has 5 unspecified atom stereocenters. The fourth-order valence-corrected chi connectivity index (χ4v) is 3.40. The normalized spacial score (nSPS) is 29.1. The fraction of sp³-hybridized carbons (Fsp3) is 0.300. The molecule has 9 nitrogen and oxygen atoms in total. The zero-order chi connectivity index (χ0) is 20.7. The van der Waals surface area contributed by atoms with Crippen LogP contribution in [0.15, 0.2) is 48.5 Å². The lowest BCUT2D eigenvalue weighted by molar-refractivity contribution is -0.277. The molecule has 0 spiro atoms. The van der Waals surface area contributed by atoms with E-state index in [0.29, 0.717) is 16.8 Å². The van der Waals surface area contributed by atoms with Gasteiger partial charge in [-0.2, -0.15) is 0 Å². The summed E-state index contributed by atoms with van der Waals surface area (Å²) in [5.41, 5.74) is 1.01. The molecule has 1 fully saturated rings. The highest BCUT2D eigenvalue weighted by molar-refractivity contribution is 6.34. The van der Waals surface area contributed by atoms with E-state index in [4.69, 9.17) is 9.47 Å². The first-order valence-corrected chi connectivity index (χ1v) is 8.97. The van der Waals surface area contributed by atoms with Gasteiger partial charge in [0.25, 0.3) is 11.8 Å². The van der Waals surface area contributed by atoms with E-state index in [-0.39, 0.29) is 5.75 Å². The van der Waals surface area contributed by atoms with Gasteiger partial charge in [0.1, 0.15) is 30.2 Å². The van der Waals surface area contributed by atoms with Crippen molar-refractivity contribution in [2.45, 2.75) is 30.7 Å². The van der Waals surface area contributed by atoms with E-state index >= 15 is 0 Å². The van der Waals surface area contributed by atoms with E-state index in [9.17, 15) is 30.0 Å².